The number of nitrogens with one attached hydrogen (secondary N) is 1. The molecule has 1 aromatic rings. The molecule has 1 N–H and O–H groups in total. The van der Waals surface area contributed by atoms with E-state index < -0.39 is 0 Å². The third-order valence-electron chi connectivity index (χ3n) is 4.51. The highest BCUT2D eigenvalue weighted by atomic mass is 16.1. The van der Waals surface area contributed by atoms with E-state index in [1.807, 2.05) is 6.20 Å². The summed E-state index contributed by atoms with van der Waals surface area (Å²) in [6.45, 7) is 5.97. The van der Waals surface area contributed by atoms with Crippen molar-refractivity contribution in [3.63, 3.8) is 0 Å². The number of nitrogens with zero attached hydrogens (tertiary/aromatic N) is 2. The molecule has 1 saturated carbocycles. The van der Waals surface area contributed by atoms with Crippen molar-refractivity contribution in [2.24, 2.45) is 5.92 Å². The minimum Gasteiger partial charge on any atom is -0.356 e. The monoisotopic (exact) mass is 291 g/mol. The summed E-state index contributed by atoms with van der Waals surface area (Å²) >= 11 is 0. The molecule has 1 aliphatic carbocycles. The quantitative estimate of drug-likeness (QED) is 0.799. The Morgan fingerprint density at radius 2 is 2.19 bits per heavy atom. The summed E-state index contributed by atoms with van der Waals surface area (Å²) in [5.74, 6) is 2.08. The molecule has 2 rings (SSSR count). The lowest BCUT2D eigenvalue weighted by Crippen LogP contribution is -2.26. The minimum atomic E-state index is 0.201. The van der Waals surface area contributed by atoms with E-state index in [0.717, 1.165) is 37.5 Å². The van der Waals surface area contributed by atoms with E-state index in [-0.39, 0.29) is 5.91 Å². The van der Waals surface area contributed by atoms with E-state index >= 15 is 0 Å². The van der Waals surface area contributed by atoms with Crippen molar-refractivity contribution in [1.29, 1.82) is 0 Å². The minimum absolute atomic E-state index is 0.201. The second-order valence-electron chi connectivity index (χ2n) is 6.26. The maximum atomic E-state index is 11.9. The molecule has 0 bridgehead atoms. The highest BCUT2D eigenvalue weighted by molar-refractivity contribution is 5.75. The lowest BCUT2D eigenvalue weighted by molar-refractivity contribution is -0.121. The molecular weight excluding hydrogens is 262 g/mol. The van der Waals surface area contributed by atoms with Crippen molar-refractivity contribution in [3.05, 3.63) is 17.7 Å². The van der Waals surface area contributed by atoms with Gasteiger partial charge in [-0.05, 0) is 25.7 Å². The lowest BCUT2D eigenvalue weighted by Gasteiger charge is -2.10. The van der Waals surface area contributed by atoms with Crippen molar-refractivity contribution < 1.29 is 4.79 Å². The number of hydrogen-bond acceptors (Lipinski definition) is 2. The highest BCUT2D eigenvalue weighted by Gasteiger charge is 2.16. The zero-order valence-corrected chi connectivity index (χ0v) is 13.5. The normalized spacial score (nSPS) is 15.5. The maximum absolute atomic E-state index is 11.9. The van der Waals surface area contributed by atoms with Gasteiger partial charge in [0.1, 0.15) is 5.82 Å². The van der Waals surface area contributed by atoms with Gasteiger partial charge in [0.15, 0.2) is 0 Å². The standard InChI is InChI=1S/C17H29N3O/c1-3-12-20-14(2)13-19-16(20)10-11-18-17(21)9-8-15-6-4-5-7-15/h13,15H,3-12H2,1-2H3,(H,18,21). The predicted octanol–water partition coefficient (Wildman–Crippen LogP) is 3.23. The Labute approximate surface area is 128 Å². The summed E-state index contributed by atoms with van der Waals surface area (Å²) in [6, 6.07) is 0. The van der Waals surface area contributed by atoms with Crippen LogP contribution in [0.15, 0.2) is 6.20 Å². The zero-order chi connectivity index (χ0) is 15.1. The first-order chi connectivity index (χ1) is 10.2. The van der Waals surface area contributed by atoms with Crippen LogP contribution in [-0.2, 0) is 17.8 Å². The number of amides is 1. The highest BCUT2D eigenvalue weighted by Crippen LogP contribution is 2.28. The number of rotatable bonds is 8. The molecule has 1 heterocycles. The number of aryl methyl sites for hydroxylation is 1. The smallest absolute Gasteiger partial charge is 0.220 e. The summed E-state index contributed by atoms with van der Waals surface area (Å²) in [5.41, 5.74) is 1.21. The summed E-state index contributed by atoms with van der Waals surface area (Å²) in [7, 11) is 0. The van der Waals surface area contributed by atoms with E-state index in [4.69, 9.17) is 0 Å². The Hall–Kier alpha value is -1.32. The van der Waals surface area contributed by atoms with Gasteiger partial charge in [0.2, 0.25) is 5.91 Å². The van der Waals surface area contributed by atoms with Crippen LogP contribution in [0.25, 0.3) is 0 Å². The van der Waals surface area contributed by atoms with Crippen molar-refractivity contribution in [3.8, 4) is 0 Å². The van der Waals surface area contributed by atoms with Gasteiger partial charge in [-0.25, -0.2) is 4.98 Å². The van der Waals surface area contributed by atoms with Crippen LogP contribution in [0, 0.1) is 12.8 Å². The van der Waals surface area contributed by atoms with Gasteiger partial charge in [0, 0.05) is 37.8 Å². The molecule has 4 heteroatoms. The molecule has 1 fully saturated rings. The number of imidazole rings is 1. The van der Waals surface area contributed by atoms with Gasteiger partial charge >= 0.3 is 0 Å². The average Bonchev–Trinajstić information content (AvgIpc) is 3.10. The Kier molecular flexibility index (Phi) is 6.27. The third-order valence-corrected chi connectivity index (χ3v) is 4.51. The second-order valence-corrected chi connectivity index (χ2v) is 6.26. The summed E-state index contributed by atoms with van der Waals surface area (Å²) in [4.78, 5) is 16.3. The third kappa shape index (κ3) is 4.87. The molecule has 0 aromatic carbocycles. The zero-order valence-electron chi connectivity index (χ0n) is 13.5. The number of hydrogen-bond donors (Lipinski definition) is 1. The second kappa shape index (κ2) is 8.20. The van der Waals surface area contributed by atoms with Crippen LogP contribution in [0.1, 0.15) is 63.4 Å². The van der Waals surface area contributed by atoms with Gasteiger partial charge in [0.05, 0.1) is 0 Å². The van der Waals surface area contributed by atoms with Crippen LogP contribution in [0.4, 0.5) is 0 Å². The predicted molar refractivity (Wildman–Crippen MR) is 85.2 cm³/mol. The molecule has 0 unspecified atom stereocenters. The van der Waals surface area contributed by atoms with E-state index in [1.54, 1.807) is 0 Å². The number of carbonyl (C=O) groups excluding carboxylic acids is 1. The van der Waals surface area contributed by atoms with Crippen molar-refractivity contribution in [2.45, 2.75) is 71.8 Å². The fourth-order valence-corrected chi connectivity index (χ4v) is 3.28. The van der Waals surface area contributed by atoms with Crippen LogP contribution in [-0.4, -0.2) is 22.0 Å². The van der Waals surface area contributed by atoms with Crippen LogP contribution < -0.4 is 5.32 Å². The van der Waals surface area contributed by atoms with Crippen LogP contribution in [0.5, 0.6) is 0 Å². The average molecular weight is 291 g/mol. The van der Waals surface area contributed by atoms with Gasteiger partial charge in [-0.2, -0.15) is 0 Å². The van der Waals surface area contributed by atoms with Gasteiger partial charge in [-0.15, -0.1) is 0 Å². The molecule has 1 aromatic heterocycles. The van der Waals surface area contributed by atoms with Gasteiger partial charge in [-0.1, -0.05) is 32.6 Å². The number of carbonyl (C=O) groups is 1. The van der Waals surface area contributed by atoms with Gasteiger partial charge in [-0.3, -0.25) is 4.79 Å². The summed E-state index contributed by atoms with van der Waals surface area (Å²) < 4.78 is 2.25. The summed E-state index contributed by atoms with van der Waals surface area (Å²) in [5, 5.41) is 3.04. The molecule has 21 heavy (non-hydrogen) atoms. The lowest BCUT2D eigenvalue weighted by atomic mass is 10.0. The first-order valence-electron chi connectivity index (χ1n) is 8.48. The Morgan fingerprint density at radius 3 is 2.90 bits per heavy atom. The molecule has 1 amide bonds. The molecule has 0 atom stereocenters. The largest absolute Gasteiger partial charge is 0.356 e. The molecular formula is C17H29N3O. The fourth-order valence-electron chi connectivity index (χ4n) is 3.28. The SMILES string of the molecule is CCCn1c(C)cnc1CCNC(=O)CCC1CCCC1. The van der Waals surface area contributed by atoms with E-state index in [9.17, 15) is 4.79 Å². The van der Waals surface area contributed by atoms with E-state index in [2.05, 4.69) is 28.7 Å². The van der Waals surface area contributed by atoms with E-state index in [0.29, 0.717) is 13.0 Å². The topological polar surface area (TPSA) is 46.9 Å². The Morgan fingerprint density at radius 1 is 1.43 bits per heavy atom. The molecule has 118 valence electrons. The van der Waals surface area contributed by atoms with Gasteiger partial charge < -0.3 is 9.88 Å². The first-order valence-corrected chi connectivity index (χ1v) is 8.48. The molecule has 0 aliphatic heterocycles. The first kappa shape index (κ1) is 16.1. The molecule has 1 aliphatic rings. The molecule has 0 radical (unpaired) electrons. The van der Waals surface area contributed by atoms with Crippen LogP contribution >= 0.6 is 0 Å². The molecule has 4 nitrogen and oxygen atoms in total. The molecule has 0 spiro atoms. The Bertz CT molecular complexity index is 447. The van der Waals surface area contributed by atoms with Crippen LogP contribution in [0.2, 0.25) is 0 Å². The molecule has 0 saturated heterocycles. The van der Waals surface area contributed by atoms with Crippen molar-refractivity contribution in [1.82, 2.24) is 14.9 Å². The van der Waals surface area contributed by atoms with Crippen molar-refractivity contribution >= 4 is 5.91 Å². The number of aromatic nitrogens is 2. The summed E-state index contributed by atoms with van der Waals surface area (Å²) in [6.07, 6.45) is 11.0. The Balaban J connectivity index is 1.67. The maximum Gasteiger partial charge on any atom is 0.220 e. The van der Waals surface area contributed by atoms with E-state index in [1.165, 1.54) is 31.4 Å². The van der Waals surface area contributed by atoms with Crippen molar-refractivity contribution in [2.75, 3.05) is 6.54 Å². The van der Waals surface area contributed by atoms with Crippen LogP contribution in [0.3, 0.4) is 0 Å². The fraction of sp³-hybridized carbons (Fsp3) is 0.765. The van der Waals surface area contributed by atoms with Gasteiger partial charge in [0.25, 0.3) is 0 Å².